The summed E-state index contributed by atoms with van der Waals surface area (Å²) in [6, 6.07) is 4.53. The van der Waals surface area contributed by atoms with Crippen LogP contribution >= 0.6 is 0 Å². The molecule has 0 fully saturated rings. The number of hydrogen-bond donors (Lipinski definition) is 2. The second kappa shape index (κ2) is 5.92. The zero-order valence-electron chi connectivity index (χ0n) is 12.6. The summed E-state index contributed by atoms with van der Waals surface area (Å²) in [5.74, 6) is -1.15. The number of ether oxygens (including phenoxy) is 1. The Morgan fingerprint density at radius 2 is 1.96 bits per heavy atom. The van der Waals surface area contributed by atoms with Crippen LogP contribution in [0.5, 0.6) is 5.75 Å². The van der Waals surface area contributed by atoms with E-state index in [-0.39, 0.29) is 16.9 Å². The van der Waals surface area contributed by atoms with Crippen LogP contribution in [0.4, 0.5) is 18.9 Å². The molecular formula is C14H10F3N5O3. The average Bonchev–Trinajstić information content (AvgIpc) is 2.92. The lowest BCUT2D eigenvalue weighted by molar-refractivity contribution is -0.274. The van der Waals surface area contributed by atoms with Crippen LogP contribution in [0.2, 0.25) is 0 Å². The average molecular weight is 353 g/mol. The normalized spacial score (nSPS) is 11.5. The van der Waals surface area contributed by atoms with Gasteiger partial charge in [0.05, 0.1) is 6.20 Å². The minimum Gasteiger partial charge on any atom is -0.406 e. The van der Waals surface area contributed by atoms with Crippen molar-refractivity contribution in [1.82, 2.24) is 19.8 Å². The quantitative estimate of drug-likeness (QED) is 0.749. The number of nitrogens with zero attached hydrogens (tertiary/aromatic N) is 3. The van der Waals surface area contributed by atoms with Crippen LogP contribution in [-0.4, -0.2) is 32.1 Å². The predicted molar refractivity (Wildman–Crippen MR) is 79.4 cm³/mol. The predicted octanol–water partition coefficient (Wildman–Crippen LogP) is 1.88. The number of benzene rings is 1. The lowest BCUT2D eigenvalue weighted by Crippen LogP contribution is -2.18. The minimum atomic E-state index is -4.80. The Bertz CT molecular complexity index is 992. The van der Waals surface area contributed by atoms with Gasteiger partial charge in [-0.05, 0) is 31.2 Å². The van der Waals surface area contributed by atoms with Crippen LogP contribution in [0.3, 0.4) is 0 Å². The summed E-state index contributed by atoms with van der Waals surface area (Å²) in [6.07, 6.45) is -3.31. The number of aromatic amines is 1. The Kier molecular flexibility index (Phi) is 3.91. The number of H-pyrrole nitrogens is 1. The zero-order chi connectivity index (χ0) is 18.2. The van der Waals surface area contributed by atoms with Crippen LogP contribution in [0, 0.1) is 6.92 Å². The summed E-state index contributed by atoms with van der Waals surface area (Å²) in [7, 11) is 0. The summed E-state index contributed by atoms with van der Waals surface area (Å²) >= 11 is 0. The highest BCUT2D eigenvalue weighted by Crippen LogP contribution is 2.24. The van der Waals surface area contributed by atoms with E-state index in [2.05, 4.69) is 25.3 Å². The van der Waals surface area contributed by atoms with Crippen molar-refractivity contribution >= 4 is 17.1 Å². The molecule has 0 aliphatic carbocycles. The van der Waals surface area contributed by atoms with Crippen molar-refractivity contribution in [3.8, 4) is 5.75 Å². The molecule has 0 atom stereocenters. The van der Waals surface area contributed by atoms with E-state index in [0.717, 1.165) is 12.1 Å². The maximum atomic E-state index is 12.2. The number of nitrogens with one attached hydrogen (secondary N) is 2. The molecule has 1 amide bonds. The first kappa shape index (κ1) is 16.5. The molecule has 0 radical (unpaired) electrons. The van der Waals surface area contributed by atoms with Gasteiger partial charge in [0.25, 0.3) is 11.5 Å². The first-order valence-corrected chi connectivity index (χ1v) is 6.85. The molecule has 0 aliphatic rings. The summed E-state index contributed by atoms with van der Waals surface area (Å²) < 4.78 is 41.2. The molecule has 3 aromatic rings. The van der Waals surface area contributed by atoms with Gasteiger partial charge in [-0.1, -0.05) is 5.21 Å². The third kappa shape index (κ3) is 3.59. The first-order valence-electron chi connectivity index (χ1n) is 6.85. The largest absolute Gasteiger partial charge is 0.573 e. The second-order valence-electron chi connectivity index (χ2n) is 5.02. The smallest absolute Gasteiger partial charge is 0.406 e. The highest BCUT2D eigenvalue weighted by atomic mass is 19.4. The lowest BCUT2D eigenvalue weighted by Gasteiger charge is -2.09. The van der Waals surface area contributed by atoms with Gasteiger partial charge >= 0.3 is 6.36 Å². The zero-order valence-corrected chi connectivity index (χ0v) is 12.6. The molecule has 0 unspecified atom stereocenters. The summed E-state index contributed by atoms with van der Waals surface area (Å²) in [4.78, 5) is 26.7. The van der Waals surface area contributed by atoms with Gasteiger partial charge in [0.2, 0.25) is 0 Å². The monoisotopic (exact) mass is 353 g/mol. The van der Waals surface area contributed by atoms with Gasteiger partial charge in [-0.2, -0.15) is 0 Å². The van der Waals surface area contributed by atoms with Gasteiger partial charge in [-0.15, -0.1) is 18.3 Å². The molecule has 0 saturated heterocycles. The number of carbonyl (C=O) groups excluding carboxylic acids is 1. The molecule has 25 heavy (non-hydrogen) atoms. The third-order valence-corrected chi connectivity index (χ3v) is 3.10. The number of aryl methyl sites for hydroxylation is 1. The van der Waals surface area contributed by atoms with Crippen LogP contribution in [-0.2, 0) is 0 Å². The Balaban J connectivity index is 1.82. The van der Waals surface area contributed by atoms with Crippen molar-refractivity contribution in [2.24, 2.45) is 0 Å². The van der Waals surface area contributed by atoms with E-state index >= 15 is 0 Å². The number of amides is 1. The van der Waals surface area contributed by atoms with Crippen molar-refractivity contribution in [3.05, 3.63) is 52.2 Å². The van der Waals surface area contributed by atoms with Gasteiger partial charge in [0.1, 0.15) is 5.75 Å². The fraction of sp³-hybridized carbons (Fsp3) is 0.143. The standard InChI is InChI=1S/C14H10F3N5O3/c1-7-6-22-11(13(24)18-7)10(20-21-22)12(23)19-8-2-4-9(5-3-8)25-14(15,16)17/h2-6H,1H3,(H,18,24)(H,19,23). The van der Waals surface area contributed by atoms with Crippen LogP contribution in [0.15, 0.2) is 35.3 Å². The van der Waals surface area contributed by atoms with Crippen molar-refractivity contribution < 1.29 is 22.7 Å². The van der Waals surface area contributed by atoms with E-state index in [1.807, 2.05) is 0 Å². The molecule has 2 N–H and O–H groups in total. The fourth-order valence-corrected chi connectivity index (χ4v) is 2.13. The molecule has 0 spiro atoms. The maximum Gasteiger partial charge on any atom is 0.573 e. The van der Waals surface area contributed by atoms with Gasteiger partial charge in [0.15, 0.2) is 11.2 Å². The Labute approximate surface area is 137 Å². The Hall–Kier alpha value is -3.37. The second-order valence-corrected chi connectivity index (χ2v) is 5.02. The number of hydrogen-bond acceptors (Lipinski definition) is 5. The Morgan fingerprint density at radius 1 is 1.28 bits per heavy atom. The fourth-order valence-electron chi connectivity index (χ4n) is 2.13. The van der Waals surface area contributed by atoms with Crippen LogP contribution < -0.4 is 15.6 Å². The van der Waals surface area contributed by atoms with Gasteiger partial charge < -0.3 is 15.0 Å². The van der Waals surface area contributed by atoms with Gasteiger partial charge in [-0.3, -0.25) is 9.59 Å². The molecule has 0 bridgehead atoms. The summed E-state index contributed by atoms with van der Waals surface area (Å²) in [5.41, 5.74) is -0.0557. The highest BCUT2D eigenvalue weighted by Gasteiger charge is 2.31. The van der Waals surface area contributed by atoms with E-state index in [0.29, 0.717) is 5.69 Å². The molecule has 2 heterocycles. The number of fused-ring (bicyclic) bond motifs is 1. The summed E-state index contributed by atoms with van der Waals surface area (Å²) in [6.45, 7) is 1.65. The highest BCUT2D eigenvalue weighted by molar-refractivity contribution is 6.07. The van der Waals surface area contributed by atoms with Crippen molar-refractivity contribution in [3.63, 3.8) is 0 Å². The number of carbonyl (C=O) groups is 1. The minimum absolute atomic E-state index is 0.0416. The lowest BCUT2D eigenvalue weighted by atomic mass is 10.3. The number of rotatable bonds is 3. The van der Waals surface area contributed by atoms with Gasteiger partial charge in [0, 0.05) is 11.4 Å². The topological polar surface area (TPSA) is 101 Å². The SMILES string of the molecule is Cc1cn2nnc(C(=O)Nc3ccc(OC(F)(F)F)cc3)c2c(=O)[nH]1. The molecule has 8 nitrogen and oxygen atoms in total. The van der Waals surface area contributed by atoms with E-state index in [4.69, 9.17) is 0 Å². The number of anilines is 1. The van der Waals surface area contributed by atoms with E-state index in [9.17, 15) is 22.8 Å². The number of halogens is 3. The van der Waals surface area contributed by atoms with Crippen molar-refractivity contribution in [1.29, 1.82) is 0 Å². The van der Waals surface area contributed by atoms with Crippen LogP contribution in [0.25, 0.3) is 5.52 Å². The van der Waals surface area contributed by atoms with E-state index in [1.54, 1.807) is 6.92 Å². The molecule has 0 aliphatic heterocycles. The Morgan fingerprint density at radius 3 is 2.60 bits per heavy atom. The number of aromatic nitrogens is 4. The third-order valence-electron chi connectivity index (χ3n) is 3.10. The van der Waals surface area contributed by atoms with Crippen LogP contribution in [0.1, 0.15) is 16.2 Å². The summed E-state index contributed by atoms with van der Waals surface area (Å²) in [5, 5.41) is 9.79. The molecule has 3 rings (SSSR count). The van der Waals surface area contributed by atoms with Crippen molar-refractivity contribution in [2.75, 3.05) is 5.32 Å². The molecule has 130 valence electrons. The number of alkyl halides is 3. The van der Waals surface area contributed by atoms with E-state index < -0.39 is 23.6 Å². The molecular weight excluding hydrogens is 343 g/mol. The molecule has 0 saturated carbocycles. The van der Waals surface area contributed by atoms with E-state index in [1.165, 1.54) is 22.8 Å². The maximum absolute atomic E-state index is 12.2. The molecule has 2 aromatic heterocycles. The first-order chi connectivity index (χ1) is 11.7. The van der Waals surface area contributed by atoms with Crippen molar-refractivity contribution in [2.45, 2.75) is 13.3 Å². The molecule has 1 aromatic carbocycles. The van der Waals surface area contributed by atoms with Gasteiger partial charge in [-0.25, -0.2) is 4.52 Å². The molecule has 11 heteroatoms.